The Bertz CT molecular complexity index is 777. The maximum absolute atomic E-state index is 12.6. The number of hydrogen-bond acceptors (Lipinski definition) is 6. The Morgan fingerprint density at radius 3 is 2.73 bits per heavy atom. The summed E-state index contributed by atoms with van der Waals surface area (Å²) >= 11 is 1.59. The predicted molar refractivity (Wildman–Crippen MR) is 97.6 cm³/mol. The van der Waals surface area contributed by atoms with Gasteiger partial charge in [-0.2, -0.15) is 5.10 Å². The zero-order valence-corrected chi connectivity index (χ0v) is 16.5. The summed E-state index contributed by atoms with van der Waals surface area (Å²) < 4.78 is 7.05. The number of anilines is 1. The number of nitrogens with zero attached hydrogens (tertiary/aromatic N) is 3. The van der Waals surface area contributed by atoms with E-state index >= 15 is 0 Å². The molecule has 0 aliphatic carbocycles. The first-order chi connectivity index (χ1) is 12.1. The molecule has 1 N–H and O–H groups in total. The minimum Gasteiger partial charge on any atom is -0.451 e. The fourth-order valence-electron chi connectivity index (χ4n) is 3.48. The van der Waals surface area contributed by atoms with Crippen LogP contribution in [0.15, 0.2) is 0 Å². The molecule has 2 fully saturated rings. The van der Waals surface area contributed by atoms with E-state index in [-0.39, 0.29) is 10.8 Å². The van der Waals surface area contributed by atoms with Crippen LogP contribution in [0.5, 0.6) is 0 Å². The third kappa shape index (κ3) is 3.08. The number of hydrogen-bond donors (Lipinski definition) is 1. The Hall–Kier alpha value is -2.03. The summed E-state index contributed by atoms with van der Waals surface area (Å²) in [7, 11) is 1.79. The third-order valence-electron chi connectivity index (χ3n) is 5.14. The molecule has 142 valence electrons. The number of amides is 2. The molecule has 8 nitrogen and oxygen atoms in total. The molecule has 2 aliphatic heterocycles. The van der Waals surface area contributed by atoms with Crippen LogP contribution < -0.4 is 5.32 Å². The molecule has 2 amide bonds. The molecule has 2 aliphatic rings. The van der Waals surface area contributed by atoms with Gasteiger partial charge in [-0.25, -0.2) is 4.79 Å². The van der Waals surface area contributed by atoms with Crippen LogP contribution in [0, 0.1) is 13.8 Å². The van der Waals surface area contributed by atoms with Gasteiger partial charge in [-0.05, 0) is 34.1 Å². The molecular formula is C17H24N4O4S. The Morgan fingerprint density at radius 1 is 1.42 bits per heavy atom. The number of esters is 1. The van der Waals surface area contributed by atoms with Crippen molar-refractivity contribution in [1.29, 1.82) is 0 Å². The first-order valence-electron chi connectivity index (χ1n) is 8.61. The van der Waals surface area contributed by atoms with Gasteiger partial charge in [0.25, 0.3) is 5.91 Å². The van der Waals surface area contributed by atoms with E-state index in [1.807, 2.05) is 13.8 Å². The van der Waals surface area contributed by atoms with Gasteiger partial charge < -0.3 is 15.0 Å². The number of aryl methyl sites for hydroxylation is 2. The van der Waals surface area contributed by atoms with Crippen molar-refractivity contribution >= 4 is 35.2 Å². The van der Waals surface area contributed by atoms with E-state index in [4.69, 9.17) is 4.74 Å². The summed E-state index contributed by atoms with van der Waals surface area (Å²) in [5.41, 5.74) is 2.14. The monoisotopic (exact) mass is 380 g/mol. The Kier molecular flexibility index (Phi) is 4.76. The van der Waals surface area contributed by atoms with Crippen LogP contribution in [0.3, 0.4) is 0 Å². The first kappa shape index (κ1) is 18.8. The van der Waals surface area contributed by atoms with E-state index in [9.17, 15) is 14.4 Å². The second-order valence-corrected chi connectivity index (χ2v) is 8.50. The van der Waals surface area contributed by atoms with Gasteiger partial charge in [0.05, 0.1) is 21.9 Å². The van der Waals surface area contributed by atoms with Crippen molar-refractivity contribution in [3.63, 3.8) is 0 Å². The highest BCUT2D eigenvalue weighted by Crippen LogP contribution is 2.47. The average Bonchev–Trinajstić information content (AvgIpc) is 3.15. The highest BCUT2D eigenvalue weighted by molar-refractivity contribution is 8.01. The zero-order chi connectivity index (χ0) is 19.2. The lowest BCUT2D eigenvalue weighted by molar-refractivity contribution is -0.160. The van der Waals surface area contributed by atoms with Crippen LogP contribution in [-0.2, 0) is 26.2 Å². The molecule has 1 aromatic rings. The van der Waals surface area contributed by atoms with E-state index in [0.29, 0.717) is 23.6 Å². The number of nitrogens with one attached hydrogen (secondary N) is 1. The van der Waals surface area contributed by atoms with E-state index in [0.717, 1.165) is 12.1 Å². The van der Waals surface area contributed by atoms with Gasteiger partial charge in [0.15, 0.2) is 6.10 Å². The largest absolute Gasteiger partial charge is 0.451 e. The van der Waals surface area contributed by atoms with Crippen LogP contribution in [0.25, 0.3) is 0 Å². The zero-order valence-electron chi connectivity index (χ0n) is 15.7. The highest BCUT2D eigenvalue weighted by Gasteiger charge is 2.53. The van der Waals surface area contributed by atoms with Crippen LogP contribution in [0.2, 0.25) is 0 Å². The molecule has 3 rings (SSSR count). The third-order valence-corrected chi connectivity index (χ3v) is 6.64. The number of fused-ring (bicyclic) bond motifs is 1. The molecule has 0 aromatic carbocycles. The maximum atomic E-state index is 12.6. The molecule has 0 radical (unpaired) electrons. The maximum Gasteiger partial charge on any atom is 0.330 e. The lowest BCUT2D eigenvalue weighted by atomic mass is 10.2. The minimum absolute atomic E-state index is 0.0295. The van der Waals surface area contributed by atoms with Crippen molar-refractivity contribution in [3.05, 3.63) is 11.4 Å². The number of rotatable bonds is 4. The van der Waals surface area contributed by atoms with Crippen LogP contribution in [-0.4, -0.2) is 55.2 Å². The molecule has 0 bridgehead atoms. The van der Waals surface area contributed by atoms with Crippen molar-refractivity contribution in [2.24, 2.45) is 7.05 Å². The van der Waals surface area contributed by atoms with Gasteiger partial charge in [-0.15, -0.1) is 11.8 Å². The number of ether oxygens (including phenoxy) is 1. The predicted octanol–water partition coefficient (Wildman–Crippen LogP) is 1.36. The molecule has 0 spiro atoms. The molecule has 0 unspecified atom stereocenters. The quantitative estimate of drug-likeness (QED) is 0.793. The Balaban J connectivity index is 1.64. The lowest BCUT2D eigenvalue weighted by Gasteiger charge is -2.29. The smallest absolute Gasteiger partial charge is 0.330 e. The molecule has 3 heterocycles. The number of carbonyl (C=O) groups excluding carboxylic acids is 3. The van der Waals surface area contributed by atoms with Gasteiger partial charge in [0.2, 0.25) is 5.91 Å². The number of carbonyl (C=O) groups is 3. The summed E-state index contributed by atoms with van der Waals surface area (Å²) in [6.45, 7) is 7.15. The van der Waals surface area contributed by atoms with Gasteiger partial charge in [-0.1, -0.05) is 0 Å². The van der Waals surface area contributed by atoms with Crippen molar-refractivity contribution in [1.82, 2.24) is 14.7 Å². The van der Waals surface area contributed by atoms with Gasteiger partial charge >= 0.3 is 5.97 Å². The molecule has 9 heteroatoms. The van der Waals surface area contributed by atoms with Crippen molar-refractivity contribution in [2.45, 2.75) is 57.6 Å². The van der Waals surface area contributed by atoms with E-state index in [1.54, 1.807) is 35.3 Å². The summed E-state index contributed by atoms with van der Waals surface area (Å²) in [4.78, 5) is 38.4. The fourth-order valence-corrected chi connectivity index (χ4v) is 4.90. The second-order valence-electron chi connectivity index (χ2n) is 7.00. The SMILES string of the molecule is Cc1nn(C)c(C)c1NC(=O)[C@@H](C)OC(=O)[C@@H]1CS[C@@]2(C)CCC(=O)N12. The van der Waals surface area contributed by atoms with Crippen molar-refractivity contribution in [3.8, 4) is 0 Å². The average molecular weight is 380 g/mol. The summed E-state index contributed by atoms with van der Waals surface area (Å²) in [6.07, 6.45) is 0.217. The van der Waals surface area contributed by atoms with E-state index < -0.39 is 24.0 Å². The Morgan fingerprint density at radius 2 is 2.12 bits per heavy atom. The summed E-state index contributed by atoms with van der Waals surface area (Å²) in [5.74, 6) is -0.480. The van der Waals surface area contributed by atoms with Crippen LogP contribution in [0.4, 0.5) is 5.69 Å². The summed E-state index contributed by atoms with van der Waals surface area (Å²) in [5, 5.41) is 7.02. The van der Waals surface area contributed by atoms with Crippen LogP contribution in [0.1, 0.15) is 38.1 Å². The molecule has 26 heavy (non-hydrogen) atoms. The van der Waals surface area contributed by atoms with Gasteiger partial charge in [0.1, 0.15) is 6.04 Å². The number of thioether (sulfide) groups is 1. The van der Waals surface area contributed by atoms with Gasteiger partial charge in [0, 0.05) is 19.2 Å². The molecular weight excluding hydrogens is 356 g/mol. The topological polar surface area (TPSA) is 93.5 Å². The normalized spacial score (nSPS) is 26.0. The minimum atomic E-state index is -0.962. The Labute approximate surface area is 156 Å². The second kappa shape index (κ2) is 6.61. The molecule has 0 saturated carbocycles. The lowest BCUT2D eigenvalue weighted by Crippen LogP contribution is -2.48. The molecule has 1 aromatic heterocycles. The highest BCUT2D eigenvalue weighted by atomic mass is 32.2. The van der Waals surface area contributed by atoms with Gasteiger partial charge in [-0.3, -0.25) is 14.3 Å². The van der Waals surface area contributed by atoms with E-state index in [2.05, 4.69) is 10.4 Å². The summed E-state index contributed by atoms with van der Waals surface area (Å²) in [6, 6.07) is -0.628. The van der Waals surface area contributed by atoms with E-state index in [1.165, 1.54) is 6.92 Å². The molecule has 3 atom stereocenters. The van der Waals surface area contributed by atoms with Crippen molar-refractivity contribution in [2.75, 3.05) is 11.1 Å². The van der Waals surface area contributed by atoms with Crippen LogP contribution >= 0.6 is 11.8 Å². The fraction of sp³-hybridized carbons (Fsp3) is 0.647. The number of aromatic nitrogens is 2. The molecule has 2 saturated heterocycles. The first-order valence-corrected chi connectivity index (χ1v) is 9.60. The van der Waals surface area contributed by atoms with Crippen molar-refractivity contribution < 1.29 is 19.1 Å². The standard InChI is InChI=1S/C17H24N4O4S/c1-9-14(10(2)20(5)19-9)18-15(23)11(3)25-16(24)12-8-26-17(4)7-6-13(22)21(12)17/h11-12H,6-8H2,1-5H3,(H,18,23)/t11-,12+,17+/m1/s1.